The first-order valence-corrected chi connectivity index (χ1v) is 11.8. The number of hydrogen-bond acceptors (Lipinski definition) is 9. The van der Waals surface area contributed by atoms with Crippen LogP contribution in [-0.2, 0) is 25.6 Å². The number of nitrogens with one attached hydrogen (secondary N) is 1. The molecule has 37 heavy (non-hydrogen) atoms. The molecular weight excluding hydrogens is 488 g/mol. The van der Waals surface area contributed by atoms with Crippen LogP contribution in [0.25, 0.3) is 0 Å². The normalized spacial score (nSPS) is 18.0. The maximum atomic E-state index is 10.4. The third kappa shape index (κ3) is 17.9. The smallest absolute Gasteiger partial charge is 0.323 e. The minimum atomic E-state index is -1.18. The van der Waals surface area contributed by atoms with E-state index >= 15 is 0 Å². The number of rotatable bonds is 9. The Morgan fingerprint density at radius 1 is 0.919 bits per heavy atom. The monoisotopic (exact) mass is 530 g/mol. The van der Waals surface area contributed by atoms with Crippen molar-refractivity contribution < 1.29 is 44.7 Å². The van der Waals surface area contributed by atoms with Gasteiger partial charge < -0.3 is 48.1 Å². The van der Waals surface area contributed by atoms with E-state index in [4.69, 9.17) is 42.7 Å². The number of nitrogens with two attached hydrogens (primary N) is 3. The van der Waals surface area contributed by atoms with Crippen molar-refractivity contribution in [1.29, 1.82) is 0 Å². The molecule has 0 radical (unpaired) electrons. The van der Waals surface area contributed by atoms with Gasteiger partial charge in [-0.2, -0.15) is 0 Å². The summed E-state index contributed by atoms with van der Waals surface area (Å²) in [5, 5.41) is 44.6. The maximum absolute atomic E-state index is 10.4. The molecule has 0 bridgehead atoms. The van der Waals surface area contributed by atoms with Crippen LogP contribution in [0.4, 0.5) is 0 Å². The van der Waals surface area contributed by atoms with Crippen LogP contribution >= 0.6 is 0 Å². The Hall–Kier alpha value is -3.10. The molecule has 1 saturated heterocycles. The van der Waals surface area contributed by atoms with E-state index in [1.807, 2.05) is 44.2 Å². The van der Waals surface area contributed by atoms with E-state index in [9.17, 15) is 19.2 Å². The van der Waals surface area contributed by atoms with E-state index in [0.29, 0.717) is 6.42 Å². The molecule has 2 rings (SSSR count). The first kappa shape index (κ1) is 36.1. The first-order chi connectivity index (χ1) is 17.1. The minimum absolute atomic E-state index is 0.0718. The first-order valence-electron chi connectivity index (χ1n) is 11.8. The predicted octanol–water partition coefficient (Wildman–Crippen LogP) is -0.312. The molecule has 13 heteroatoms. The van der Waals surface area contributed by atoms with Crippen molar-refractivity contribution in [3.05, 3.63) is 35.9 Å². The van der Waals surface area contributed by atoms with Crippen molar-refractivity contribution in [2.24, 2.45) is 23.1 Å². The Labute approximate surface area is 216 Å². The molecule has 0 spiro atoms. The largest absolute Gasteiger partial charge is 0.480 e. The molecular formula is C24H42N4O9. The zero-order valence-corrected chi connectivity index (χ0v) is 21.5. The number of aliphatic hydroxyl groups excluding tert-OH is 1. The Bertz CT molecular complexity index is 791. The SMILES string of the molecule is CC[C@H](C)[C@H](N)C(=O)O.C[C@@H](O)[C@H](N)C(=O)O.N[C@@H](Cc1ccccc1)C(=O)O.O=C(O)[C@@H]1CCCN1. The van der Waals surface area contributed by atoms with E-state index in [-0.39, 0.29) is 12.0 Å². The second-order valence-electron chi connectivity index (χ2n) is 8.48. The number of carboxylic acid groups (broad SMARTS) is 4. The fourth-order valence-corrected chi connectivity index (χ4v) is 2.55. The second kappa shape index (κ2) is 20.0. The lowest BCUT2D eigenvalue weighted by Gasteiger charge is -2.11. The highest BCUT2D eigenvalue weighted by molar-refractivity contribution is 5.74. The molecule has 12 N–H and O–H groups in total. The van der Waals surface area contributed by atoms with E-state index < -0.39 is 48.1 Å². The topological polar surface area (TPSA) is 260 Å². The lowest BCUT2D eigenvalue weighted by Crippen LogP contribution is -2.39. The summed E-state index contributed by atoms with van der Waals surface area (Å²) in [6, 6.07) is 6.42. The van der Waals surface area contributed by atoms with E-state index in [1.165, 1.54) is 6.92 Å². The van der Waals surface area contributed by atoms with Gasteiger partial charge in [-0.3, -0.25) is 19.2 Å². The predicted molar refractivity (Wildman–Crippen MR) is 137 cm³/mol. The van der Waals surface area contributed by atoms with Crippen molar-refractivity contribution in [2.75, 3.05) is 6.54 Å². The van der Waals surface area contributed by atoms with Gasteiger partial charge in [0, 0.05) is 0 Å². The third-order valence-electron chi connectivity index (χ3n) is 5.32. The lowest BCUT2D eigenvalue weighted by atomic mass is 10.0. The van der Waals surface area contributed by atoms with Crippen LogP contribution in [0.5, 0.6) is 0 Å². The Morgan fingerprint density at radius 3 is 1.68 bits per heavy atom. The Morgan fingerprint density at radius 2 is 1.43 bits per heavy atom. The number of aliphatic carboxylic acids is 4. The van der Waals surface area contributed by atoms with E-state index in [0.717, 1.165) is 31.4 Å². The molecule has 1 aromatic rings. The molecule has 6 atom stereocenters. The highest BCUT2D eigenvalue weighted by Crippen LogP contribution is 2.04. The molecule has 1 aromatic carbocycles. The molecule has 0 unspecified atom stereocenters. The highest BCUT2D eigenvalue weighted by atomic mass is 16.4. The van der Waals surface area contributed by atoms with Crippen LogP contribution in [-0.4, -0.2) is 86.2 Å². The summed E-state index contributed by atoms with van der Waals surface area (Å²) in [4.78, 5) is 40.5. The zero-order valence-electron chi connectivity index (χ0n) is 21.5. The maximum Gasteiger partial charge on any atom is 0.323 e. The van der Waals surface area contributed by atoms with Crippen molar-refractivity contribution in [3.63, 3.8) is 0 Å². The van der Waals surface area contributed by atoms with Crippen LogP contribution in [0.3, 0.4) is 0 Å². The number of aliphatic hydroxyl groups is 1. The van der Waals surface area contributed by atoms with Gasteiger partial charge in [-0.05, 0) is 44.2 Å². The molecule has 1 aliphatic rings. The molecule has 0 aromatic heterocycles. The summed E-state index contributed by atoms with van der Waals surface area (Å²) in [7, 11) is 0. The number of benzene rings is 1. The number of carbonyl (C=O) groups is 4. The van der Waals surface area contributed by atoms with Crippen molar-refractivity contribution >= 4 is 23.9 Å². The van der Waals surface area contributed by atoms with Crippen molar-refractivity contribution in [3.8, 4) is 0 Å². The molecule has 0 aliphatic carbocycles. The summed E-state index contributed by atoms with van der Waals surface area (Å²) in [6.07, 6.45) is 2.00. The average Bonchev–Trinajstić information content (AvgIpc) is 3.39. The standard InChI is InChI=1S/C9H11NO2.C6H13NO2.C5H9NO2.C4H9NO3/c10-8(9(11)12)6-7-4-2-1-3-5-7;1-3-4(2)5(7)6(8)9;7-5(8)4-2-1-3-6-4;1-2(6)3(5)4(7)8/h1-5,8H,6,10H2,(H,11,12);4-5H,3,7H2,1-2H3,(H,8,9);4,6H,1-3H2,(H,7,8);2-3,6H,5H2,1H3,(H,7,8)/t8-;4-,5-;4-;2-,3+/m0001/s1. The van der Waals surface area contributed by atoms with Crippen LogP contribution < -0.4 is 22.5 Å². The zero-order chi connectivity index (χ0) is 29.1. The van der Waals surface area contributed by atoms with Gasteiger partial charge in [-0.25, -0.2) is 0 Å². The van der Waals surface area contributed by atoms with E-state index in [1.54, 1.807) is 0 Å². The fraction of sp³-hybridized carbons (Fsp3) is 0.583. The molecule has 1 aliphatic heterocycles. The highest BCUT2D eigenvalue weighted by Gasteiger charge is 2.20. The minimum Gasteiger partial charge on any atom is -0.480 e. The van der Waals surface area contributed by atoms with E-state index in [2.05, 4.69) is 5.32 Å². The van der Waals surface area contributed by atoms with Crippen LogP contribution in [0.15, 0.2) is 30.3 Å². The van der Waals surface area contributed by atoms with Gasteiger partial charge in [0.25, 0.3) is 0 Å². The summed E-state index contributed by atoms with van der Waals surface area (Å²) < 4.78 is 0. The molecule has 1 fully saturated rings. The van der Waals surface area contributed by atoms with Gasteiger partial charge >= 0.3 is 23.9 Å². The van der Waals surface area contributed by atoms with Gasteiger partial charge in [0.15, 0.2) is 0 Å². The molecule has 212 valence electrons. The quantitative estimate of drug-likeness (QED) is 0.198. The number of carboxylic acids is 4. The van der Waals surface area contributed by atoms with Gasteiger partial charge in [-0.1, -0.05) is 50.6 Å². The summed E-state index contributed by atoms with van der Waals surface area (Å²) in [6.45, 7) is 5.95. The number of hydrogen-bond donors (Lipinski definition) is 9. The van der Waals surface area contributed by atoms with Gasteiger partial charge in [0.2, 0.25) is 0 Å². The van der Waals surface area contributed by atoms with Crippen LogP contribution in [0.2, 0.25) is 0 Å². The van der Waals surface area contributed by atoms with Crippen molar-refractivity contribution in [1.82, 2.24) is 5.32 Å². The summed E-state index contributed by atoms with van der Waals surface area (Å²) in [5.74, 6) is -3.70. The average molecular weight is 531 g/mol. The van der Waals surface area contributed by atoms with Crippen molar-refractivity contribution in [2.45, 2.75) is 76.7 Å². The lowest BCUT2D eigenvalue weighted by molar-refractivity contribution is -0.141. The molecule has 1 heterocycles. The molecule has 0 saturated carbocycles. The van der Waals surface area contributed by atoms with Crippen LogP contribution in [0, 0.1) is 5.92 Å². The second-order valence-corrected chi connectivity index (χ2v) is 8.48. The molecule has 13 nitrogen and oxygen atoms in total. The summed E-state index contributed by atoms with van der Waals surface area (Å²) in [5.41, 5.74) is 16.5. The van der Waals surface area contributed by atoms with Gasteiger partial charge in [-0.15, -0.1) is 0 Å². The van der Waals surface area contributed by atoms with Gasteiger partial charge in [0.05, 0.1) is 6.10 Å². The van der Waals surface area contributed by atoms with Gasteiger partial charge in [0.1, 0.15) is 24.2 Å². The Kier molecular flexibility index (Phi) is 19.5. The van der Waals surface area contributed by atoms with Crippen LogP contribution in [0.1, 0.15) is 45.6 Å². The Balaban J connectivity index is 0. The fourth-order valence-electron chi connectivity index (χ4n) is 2.55. The third-order valence-corrected chi connectivity index (χ3v) is 5.32. The summed E-state index contributed by atoms with van der Waals surface area (Å²) >= 11 is 0. The molecule has 0 amide bonds.